The van der Waals surface area contributed by atoms with Crippen LogP contribution in [0.3, 0.4) is 0 Å². The van der Waals surface area contributed by atoms with Crippen molar-refractivity contribution in [1.29, 1.82) is 0 Å². The van der Waals surface area contributed by atoms with Gasteiger partial charge in [0.2, 0.25) is 0 Å². The number of rotatable bonds is 1. The summed E-state index contributed by atoms with van der Waals surface area (Å²) in [6.07, 6.45) is 0. The van der Waals surface area contributed by atoms with Gasteiger partial charge < -0.3 is 9.47 Å². The molecule has 1 aliphatic heterocycles. The van der Waals surface area contributed by atoms with E-state index in [9.17, 15) is 12.8 Å². The SMILES string of the molecule is O=S(=O)(Cl)c1c(F)ccc2c1COCO2. The third kappa shape index (κ3) is 1.92. The van der Waals surface area contributed by atoms with Crippen LogP contribution in [-0.4, -0.2) is 15.2 Å². The number of halogens is 2. The molecule has 0 aromatic heterocycles. The Morgan fingerprint density at radius 3 is 2.80 bits per heavy atom. The Hall–Kier alpha value is -0.850. The minimum atomic E-state index is -4.14. The maximum Gasteiger partial charge on any atom is 0.264 e. The van der Waals surface area contributed by atoms with Crippen LogP contribution in [0.25, 0.3) is 0 Å². The number of hydrogen-bond donors (Lipinski definition) is 0. The Morgan fingerprint density at radius 1 is 1.40 bits per heavy atom. The highest BCUT2D eigenvalue weighted by molar-refractivity contribution is 8.13. The first-order valence-corrected chi connectivity index (χ1v) is 6.27. The van der Waals surface area contributed by atoms with Crippen LogP contribution in [0.4, 0.5) is 4.39 Å². The van der Waals surface area contributed by atoms with E-state index in [4.69, 9.17) is 20.2 Å². The van der Waals surface area contributed by atoms with Crippen LogP contribution in [0.15, 0.2) is 17.0 Å². The number of hydrogen-bond acceptors (Lipinski definition) is 4. The number of fused-ring (bicyclic) bond motifs is 1. The Balaban J connectivity index is 2.71. The second kappa shape index (κ2) is 3.62. The zero-order valence-electron chi connectivity index (χ0n) is 7.37. The molecule has 1 aliphatic rings. The van der Waals surface area contributed by atoms with E-state index in [0.29, 0.717) is 0 Å². The Kier molecular flexibility index (Phi) is 2.57. The Bertz CT molecular complexity index is 500. The predicted molar refractivity (Wildman–Crippen MR) is 49.7 cm³/mol. The maximum atomic E-state index is 13.3. The van der Waals surface area contributed by atoms with Crippen molar-refractivity contribution >= 4 is 19.7 Å². The van der Waals surface area contributed by atoms with Gasteiger partial charge in [0, 0.05) is 16.2 Å². The lowest BCUT2D eigenvalue weighted by Gasteiger charge is -2.19. The summed E-state index contributed by atoms with van der Waals surface area (Å²) in [4.78, 5) is -0.568. The highest BCUT2D eigenvalue weighted by Gasteiger charge is 2.26. The van der Waals surface area contributed by atoms with Gasteiger partial charge in [-0.1, -0.05) is 0 Å². The van der Waals surface area contributed by atoms with Gasteiger partial charge in [0.1, 0.15) is 16.5 Å². The minimum absolute atomic E-state index is 0.0143. The highest BCUT2D eigenvalue weighted by Crippen LogP contribution is 2.33. The van der Waals surface area contributed by atoms with Crippen LogP contribution in [0.5, 0.6) is 5.75 Å². The summed E-state index contributed by atoms with van der Waals surface area (Å²) >= 11 is 0. The standard InChI is InChI=1S/C8H6ClFO4S/c9-15(11,12)8-5-3-13-4-14-7(5)2-1-6(8)10/h1-2H,3-4H2. The fraction of sp³-hybridized carbons (Fsp3) is 0.250. The van der Waals surface area contributed by atoms with E-state index < -0.39 is 19.8 Å². The zero-order valence-corrected chi connectivity index (χ0v) is 8.94. The molecule has 82 valence electrons. The predicted octanol–water partition coefficient (Wildman–Crippen LogP) is 1.62. The quantitative estimate of drug-likeness (QED) is 0.713. The summed E-state index contributed by atoms with van der Waals surface area (Å²) in [5.41, 5.74) is 0.122. The molecular weight excluding hydrogens is 247 g/mol. The van der Waals surface area contributed by atoms with Crippen molar-refractivity contribution < 1.29 is 22.3 Å². The summed E-state index contributed by atoms with van der Waals surface area (Å²) < 4.78 is 45.5. The normalized spacial score (nSPS) is 15.6. The van der Waals surface area contributed by atoms with Gasteiger partial charge in [0.15, 0.2) is 6.79 Å². The molecule has 0 radical (unpaired) electrons. The molecule has 0 atom stereocenters. The van der Waals surface area contributed by atoms with Crippen molar-refractivity contribution in [3.8, 4) is 5.75 Å². The van der Waals surface area contributed by atoms with Crippen LogP contribution in [0.2, 0.25) is 0 Å². The molecular formula is C8H6ClFO4S. The summed E-state index contributed by atoms with van der Waals surface area (Å²) in [7, 11) is 0.984. The molecule has 0 saturated carbocycles. The van der Waals surface area contributed by atoms with E-state index in [0.717, 1.165) is 6.07 Å². The highest BCUT2D eigenvalue weighted by atomic mass is 35.7. The van der Waals surface area contributed by atoms with Crippen molar-refractivity contribution in [3.05, 3.63) is 23.5 Å². The fourth-order valence-corrected chi connectivity index (χ4v) is 2.62. The van der Waals surface area contributed by atoms with Gasteiger partial charge in [-0.2, -0.15) is 0 Å². The van der Waals surface area contributed by atoms with E-state index >= 15 is 0 Å². The van der Waals surface area contributed by atoms with Gasteiger partial charge in [0.05, 0.1) is 6.61 Å². The molecule has 1 aromatic carbocycles. The molecule has 2 rings (SSSR count). The molecule has 0 fully saturated rings. The molecule has 4 nitrogen and oxygen atoms in total. The maximum absolute atomic E-state index is 13.3. The van der Waals surface area contributed by atoms with Crippen LogP contribution in [0, 0.1) is 5.82 Å². The molecule has 1 heterocycles. The smallest absolute Gasteiger partial charge is 0.264 e. The number of ether oxygens (including phenoxy) is 2. The second-order valence-electron chi connectivity index (χ2n) is 2.90. The van der Waals surface area contributed by atoms with Crippen LogP contribution < -0.4 is 4.74 Å². The molecule has 0 N–H and O–H groups in total. The lowest BCUT2D eigenvalue weighted by molar-refractivity contribution is -0.0182. The molecule has 0 spiro atoms. The molecule has 0 unspecified atom stereocenters. The summed E-state index contributed by atoms with van der Waals surface area (Å²) in [5.74, 6) is -0.625. The second-order valence-corrected chi connectivity index (χ2v) is 5.40. The van der Waals surface area contributed by atoms with E-state index in [-0.39, 0.29) is 24.7 Å². The molecule has 0 bridgehead atoms. The molecule has 1 aromatic rings. The fourth-order valence-electron chi connectivity index (χ4n) is 1.37. The van der Waals surface area contributed by atoms with Gasteiger partial charge in [-0.15, -0.1) is 0 Å². The van der Waals surface area contributed by atoms with Crippen molar-refractivity contribution in [2.75, 3.05) is 6.79 Å². The molecule has 0 saturated heterocycles. The Labute approximate surface area is 90.0 Å². The first-order valence-electron chi connectivity index (χ1n) is 3.97. The van der Waals surface area contributed by atoms with Gasteiger partial charge >= 0.3 is 0 Å². The third-order valence-electron chi connectivity index (χ3n) is 1.96. The molecule has 0 aliphatic carbocycles. The molecule has 0 amide bonds. The summed E-state index contributed by atoms with van der Waals surface area (Å²) in [6, 6.07) is 2.35. The van der Waals surface area contributed by atoms with Crippen LogP contribution in [-0.2, 0) is 20.4 Å². The van der Waals surface area contributed by atoms with Crippen molar-refractivity contribution in [1.82, 2.24) is 0 Å². The van der Waals surface area contributed by atoms with Gasteiger partial charge in [-0.3, -0.25) is 0 Å². The summed E-state index contributed by atoms with van der Waals surface area (Å²) in [6.45, 7) is -0.0191. The van der Waals surface area contributed by atoms with Crippen molar-refractivity contribution in [2.24, 2.45) is 0 Å². The average molecular weight is 253 g/mol. The topological polar surface area (TPSA) is 52.6 Å². The van der Waals surface area contributed by atoms with Crippen LogP contribution >= 0.6 is 10.7 Å². The van der Waals surface area contributed by atoms with Gasteiger partial charge in [-0.05, 0) is 12.1 Å². The minimum Gasteiger partial charge on any atom is -0.467 e. The lowest BCUT2D eigenvalue weighted by atomic mass is 10.2. The summed E-state index contributed by atoms with van der Waals surface area (Å²) in [5, 5.41) is 0. The lowest BCUT2D eigenvalue weighted by Crippen LogP contribution is -2.15. The number of benzene rings is 1. The van der Waals surface area contributed by atoms with Crippen molar-refractivity contribution in [2.45, 2.75) is 11.5 Å². The third-order valence-corrected chi connectivity index (χ3v) is 3.35. The first-order chi connectivity index (χ1) is 7.00. The average Bonchev–Trinajstić information content (AvgIpc) is 2.15. The van der Waals surface area contributed by atoms with Gasteiger partial charge in [-0.25, -0.2) is 12.8 Å². The molecule has 7 heteroatoms. The van der Waals surface area contributed by atoms with E-state index in [1.807, 2.05) is 0 Å². The zero-order chi connectivity index (χ0) is 11.1. The molecule has 15 heavy (non-hydrogen) atoms. The van der Waals surface area contributed by atoms with Gasteiger partial charge in [0.25, 0.3) is 9.05 Å². The monoisotopic (exact) mass is 252 g/mol. The Morgan fingerprint density at radius 2 is 2.13 bits per heavy atom. The van der Waals surface area contributed by atoms with Crippen LogP contribution in [0.1, 0.15) is 5.56 Å². The van der Waals surface area contributed by atoms with E-state index in [1.165, 1.54) is 6.07 Å². The first kappa shape index (κ1) is 10.7. The van der Waals surface area contributed by atoms with E-state index in [1.54, 1.807) is 0 Å². The largest absolute Gasteiger partial charge is 0.467 e. The van der Waals surface area contributed by atoms with Crippen molar-refractivity contribution in [3.63, 3.8) is 0 Å². The van der Waals surface area contributed by atoms with E-state index in [2.05, 4.69) is 0 Å².